The number of furan rings is 1. The zero-order chi connectivity index (χ0) is 21.3. The van der Waals surface area contributed by atoms with Crippen molar-refractivity contribution in [3.63, 3.8) is 0 Å². The summed E-state index contributed by atoms with van der Waals surface area (Å²) in [6, 6.07) is 5.58. The molecule has 2 aromatic rings. The number of nitro benzene ring substituents is 1. The Hall–Kier alpha value is -3.27. The number of carbonyl (C=O) groups excluding carboxylic acids is 1. The van der Waals surface area contributed by atoms with Gasteiger partial charge in [0.05, 0.1) is 10.6 Å². The molecule has 0 atom stereocenters. The van der Waals surface area contributed by atoms with Crippen LogP contribution in [-0.2, 0) is 6.42 Å². The van der Waals surface area contributed by atoms with E-state index in [0.29, 0.717) is 29.9 Å². The number of rotatable bonds is 4. The van der Waals surface area contributed by atoms with Crippen molar-refractivity contribution in [3.05, 3.63) is 57.0 Å². The van der Waals surface area contributed by atoms with Crippen molar-refractivity contribution in [1.29, 1.82) is 0 Å². The van der Waals surface area contributed by atoms with Gasteiger partial charge < -0.3 is 15.5 Å². The van der Waals surface area contributed by atoms with E-state index < -0.39 is 10.8 Å². The van der Waals surface area contributed by atoms with Crippen LogP contribution in [0.25, 0.3) is 0 Å². The third-order valence-electron chi connectivity index (χ3n) is 4.64. The lowest BCUT2D eigenvalue weighted by molar-refractivity contribution is -0.384. The third kappa shape index (κ3) is 4.43. The highest BCUT2D eigenvalue weighted by Crippen LogP contribution is 2.39. The van der Waals surface area contributed by atoms with E-state index in [4.69, 9.17) is 22.4 Å². The molecule has 10 heteroatoms. The van der Waals surface area contributed by atoms with Crippen LogP contribution in [0.3, 0.4) is 0 Å². The summed E-state index contributed by atoms with van der Waals surface area (Å²) in [7, 11) is 0. The van der Waals surface area contributed by atoms with Crippen LogP contribution in [0, 0.1) is 22.5 Å². The molecule has 1 heterocycles. The highest BCUT2D eigenvalue weighted by molar-refractivity contribution is 7.80. The number of thiocarbonyl (C=S) groups is 1. The maximum atomic E-state index is 12.8. The Morgan fingerprint density at radius 3 is 2.55 bits per heavy atom. The number of non-ortho nitro benzene ring substituents is 1. The lowest BCUT2D eigenvalue weighted by atomic mass is 9.75. The maximum absolute atomic E-state index is 12.8. The molecule has 1 amide bonds. The Morgan fingerprint density at radius 1 is 1.31 bits per heavy atom. The number of carbonyl (C=O) groups is 1. The fraction of sp³-hybridized carbons (Fsp3) is 0.316. The third-order valence-corrected chi connectivity index (χ3v) is 4.73. The Bertz CT molecular complexity index is 1020. The molecule has 0 bridgehead atoms. The number of amides is 1. The summed E-state index contributed by atoms with van der Waals surface area (Å²) in [5.41, 5.74) is 10.5. The molecule has 0 saturated heterocycles. The van der Waals surface area contributed by atoms with E-state index in [-0.39, 0.29) is 22.0 Å². The van der Waals surface area contributed by atoms with Crippen LogP contribution in [0.1, 0.15) is 47.7 Å². The fourth-order valence-electron chi connectivity index (χ4n) is 3.40. The van der Waals surface area contributed by atoms with Crippen LogP contribution in [0.15, 0.2) is 33.8 Å². The lowest BCUT2D eigenvalue weighted by Gasteiger charge is -2.29. The summed E-state index contributed by atoms with van der Waals surface area (Å²) in [6.45, 7) is 5.96. The molecular weight excluding hydrogens is 394 g/mol. The molecule has 1 aromatic carbocycles. The summed E-state index contributed by atoms with van der Waals surface area (Å²) in [5, 5.41) is 17.8. The molecule has 1 aromatic heterocycles. The Labute approximate surface area is 172 Å². The first-order valence-electron chi connectivity index (χ1n) is 8.88. The molecule has 4 N–H and O–H groups in total. The van der Waals surface area contributed by atoms with Crippen molar-refractivity contribution in [2.45, 2.75) is 33.6 Å². The van der Waals surface area contributed by atoms with E-state index >= 15 is 0 Å². The van der Waals surface area contributed by atoms with Crippen LogP contribution in [-0.4, -0.2) is 21.7 Å². The van der Waals surface area contributed by atoms with Gasteiger partial charge in [-0.15, -0.1) is 0 Å². The van der Waals surface area contributed by atoms with Gasteiger partial charge in [0.1, 0.15) is 5.76 Å². The van der Waals surface area contributed by atoms with Gasteiger partial charge in [-0.25, -0.2) is 0 Å². The van der Waals surface area contributed by atoms with E-state index in [0.717, 1.165) is 11.3 Å². The molecular formula is C19H21N5O4S. The summed E-state index contributed by atoms with van der Waals surface area (Å²) in [5.74, 6) is 0.412. The Balaban J connectivity index is 1.91. The zero-order valence-corrected chi connectivity index (χ0v) is 17.1. The normalized spacial score (nSPS) is 16.2. The topological polar surface area (TPSA) is 136 Å². The number of hydrazone groups is 1. The van der Waals surface area contributed by atoms with Gasteiger partial charge in [0.2, 0.25) is 0 Å². The highest BCUT2D eigenvalue weighted by atomic mass is 32.1. The molecule has 0 radical (unpaired) electrons. The zero-order valence-electron chi connectivity index (χ0n) is 16.2. The van der Waals surface area contributed by atoms with E-state index in [2.05, 4.69) is 29.7 Å². The maximum Gasteiger partial charge on any atom is 0.291 e. The summed E-state index contributed by atoms with van der Waals surface area (Å²) in [4.78, 5) is 23.0. The predicted octanol–water partition coefficient (Wildman–Crippen LogP) is 3.26. The van der Waals surface area contributed by atoms with Gasteiger partial charge in [0, 0.05) is 35.4 Å². The molecule has 152 valence electrons. The molecule has 3 rings (SSSR count). The highest BCUT2D eigenvalue weighted by Gasteiger charge is 2.36. The van der Waals surface area contributed by atoms with E-state index in [1.807, 2.05) is 0 Å². The summed E-state index contributed by atoms with van der Waals surface area (Å²) >= 11 is 4.83. The minimum absolute atomic E-state index is 0.0546. The second-order valence-electron chi connectivity index (χ2n) is 7.66. The minimum atomic E-state index is -0.500. The molecule has 1 aliphatic carbocycles. The van der Waals surface area contributed by atoms with Crippen LogP contribution in [0.4, 0.5) is 11.4 Å². The molecule has 1 aliphatic rings. The van der Waals surface area contributed by atoms with Gasteiger partial charge >= 0.3 is 0 Å². The van der Waals surface area contributed by atoms with E-state index in [1.165, 1.54) is 24.3 Å². The number of nitrogens with zero attached hydrogens (tertiary/aromatic N) is 2. The minimum Gasteiger partial charge on any atom is -0.455 e. The molecule has 9 nitrogen and oxygen atoms in total. The second kappa shape index (κ2) is 7.63. The number of hydrogen-bond acceptors (Lipinski definition) is 6. The standard InChI is InChI=1S/C19H21N5O4S/c1-10-15-13(22-23-18(20)29)8-19(2,3)9-14(15)28-16(10)17(25)21-11-4-6-12(7-5-11)24(26)27/h4-7H,8-9H2,1-3H3,(H,21,25)(H3,20,23,29)/b22-13-. The second-order valence-corrected chi connectivity index (χ2v) is 8.10. The van der Waals surface area contributed by atoms with Crippen molar-refractivity contribution in [2.75, 3.05) is 5.32 Å². The number of anilines is 1. The van der Waals surface area contributed by atoms with Gasteiger partial charge in [0.15, 0.2) is 10.9 Å². The SMILES string of the molecule is Cc1c(C(=O)Nc2ccc([N+](=O)[O-])cc2)oc2c1/C(=N\NC(N)=S)CC(C)(C)C2. The van der Waals surface area contributed by atoms with E-state index in [1.54, 1.807) is 6.92 Å². The predicted molar refractivity (Wildman–Crippen MR) is 113 cm³/mol. The van der Waals surface area contributed by atoms with Crippen molar-refractivity contribution in [1.82, 2.24) is 5.43 Å². The number of nitro groups is 1. The molecule has 0 fully saturated rings. The first kappa shape index (κ1) is 20.5. The Morgan fingerprint density at radius 2 is 1.97 bits per heavy atom. The first-order valence-corrected chi connectivity index (χ1v) is 9.28. The number of fused-ring (bicyclic) bond motifs is 1. The number of hydrogen-bond donors (Lipinski definition) is 3. The van der Waals surface area contributed by atoms with Gasteiger partial charge in [-0.3, -0.25) is 20.3 Å². The van der Waals surface area contributed by atoms with Gasteiger partial charge in [-0.1, -0.05) is 13.8 Å². The van der Waals surface area contributed by atoms with Gasteiger partial charge in [-0.2, -0.15) is 5.10 Å². The summed E-state index contributed by atoms with van der Waals surface area (Å²) in [6.07, 6.45) is 1.32. The van der Waals surface area contributed by atoms with Crippen LogP contribution in [0.5, 0.6) is 0 Å². The van der Waals surface area contributed by atoms with E-state index in [9.17, 15) is 14.9 Å². The largest absolute Gasteiger partial charge is 0.455 e. The quantitative estimate of drug-likeness (QED) is 0.396. The van der Waals surface area contributed by atoms with Crippen molar-refractivity contribution >= 4 is 40.3 Å². The van der Waals surface area contributed by atoms with Crippen molar-refractivity contribution < 1.29 is 14.1 Å². The average Bonchev–Trinajstić information content (AvgIpc) is 2.95. The van der Waals surface area contributed by atoms with Gasteiger partial charge in [0.25, 0.3) is 11.6 Å². The first-order chi connectivity index (χ1) is 13.6. The number of nitrogens with two attached hydrogens (primary N) is 1. The Kier molecular flexibility index (Phi) is 5.38. The van der Waals surface area contributed by atoms with Crippen LogP contribution < -0.4 is 16.5 Å². The van der Waals surface area contributed by atoms with Crippen LogP contribution in [0.2, 0.25) is 0 Å². The molecule has 0 unspecified atom stereocenters. The van der Waals surface area contributed by atoms with Crippen molar-refractivity contribution in [3.8, 4) is 0 Å². The van der Waals surface area contributed by atoms with Crippen LogP contribution >= 0.6 is 12.2 Å². The fourth-order valence-corrected chi connectivity index (χ4v) is 3.45. The smallest absolute Gasteiger partial charge is 0.291 e. The number of nitrogens with one attached hydrogen (secondary N) is 2. The number of benzene rings is 1. The molecule has 29 heavy (non-hydrogen) atoms. The summed E-state index contributed by atoms with van der Waals surface area (Å²) < 4.78 is 5.91. The lowest BCUT2D eigenvalue weighted by Crippen LogP contribution is -2.31. The van der Waals surface area contributed by atoms with Crippen molar-refractivity contribution in [2.24, 2.45) is 16.3 Å². The average molecular weight is 415 g/mol. The van der Waals surface area contributed by atoms with Gasteiger partial charge in [-0.05, 0) is 43.1 Å². The molecule has 0 aliphatic heterocycles. The monoisotopic (exact) mass is 415 g/mol. The molecule has 0 spiro atoms. The molecule has 0 saturated carbocycles.